The number of hydrogen-bond acceptors (Lipinski definition) is 2. The lowest BCUT2D eigenvalue weighted by Crippen LogP contribution is -2.33. The Morgan fingerprint density at radius 3 is 2.70 bits per heavy atom. The molecule has 1 atom stereocenters. The van der Waals surface area contributed by atoms with Crippen LogP contribution in [0.3, 0.4) is 0 Å². The highest BCUT2D eigenvalue weighted by Crippen LogP contribution is 2.26. The molecule has 3 heteroatoms. The molecule has 0 saturated carbocycles. The summed E-state index contributed by atoms with van der Waals surface area (Å²) in [4.78, 5) is 0. The lowest BCUT2D eigenvalue weighted by atomic mass is 10.1. The molecule has 0 aliphatic heterocycles. The molecule has 0 saturated heterocycles. The monoisotopic (exact) mass is 274 g/mol. The van der Waals surface area contributed by atoms with Crippen molar-refractivity contribution in [2.24, 2.45) is 5.92 Å². The quantitative estimate of drug-likeness (QED) is 0.833. The molecule has 2 aromatic rings. The maximum atomic E-state index is 5.68. The fourth-order valence-corrected chi connectivity index (χ4v) is 2.32. The number of nitrogens with one attached hydrogen (secondary N) is 1. The summed E-state index contributed by atoms with van der Waals surface area (Å²) >= 11 is 0. The summed E-state index contributed by atoms with van der Waals surface area (Å²) in [7, 11) is 0. The maximum Gasteiger partial charge on any atom is 0.128 e. The number of nitrogens with zero attached hydrogens (tertiary/aromatic N) is 1. The number of hydrogen-bond donors (Lipinski definition) is 1. The molecule has 0 aliphatic rings. The van der Waals surface area contributed by atoms with Gasteiger partial charge in [-0.15, -0.1) is 0 Å². The van der Waals surface area contributed by atoms with Gasteiger partial charge in [-0.1, -0.05) is 19.9 Å². The largest absolute Gasteiger partial charge is 0.493 e. The third-order valence-corrected chi connectivity index (χ3v) is 3.89. The van der Waals surface area contributed by atoms with Gasteiger partial charge in [-0.05, 0) is 38.0 Å². The van der Waals surface area contributed by atoms with Gasteiger partial charge in [0.15, 0.2) is 0 Å². The van der Waals surface area contributed by atoms with E-state index in [1.54, 1.807) is 0 Å². The van der Waals surface area contributed by atoms with Crippen LogP contribution in [-0.2, 0) is 6.54 Å². The molecular weight excluding hydrogens is 248 g/mol. The summed E-state index contributed by atoms with van der Waals surface area (Å²) in [5, 5.41) is 4.77. The van der Waals surface area contributed by atoms with Crippen LogP contribution in [0.15, 0.2) is 30.5 Å². The number of aromatic nitrogens is 1. The van der Waals surface area contributed by atoms with Gasteiger partial charge in [-0.25, -0.2) is 0 Å². The molecular formula is C17H26N2O. The van der Waals surface area contributed by atoms with Gasteiger partial charge in [0, 0.05) is 30.7 Å². The molecule has 20 heavy (non-hydrogen) atoms. The molecule has 3 nitrogen and oxygen atoms in total. The maximum absolute atomic E-state index is 5.68. The average Bonchev–Trinajstić information content (AvgIpc) is 2.83. The van der Waals surface area contributed by atoms with E-state index in [9.17, 15) is 0 Å². The molecule has 1 N–H and O–H groups in total. The predicted octanol–water partition coefficient (Wildman–Crippen LogP) is 3.67. The van der Waals surface area contributed by atoms with Crippen LogP contribution in [0.1, 0.15) is 27.7 Å². The first-order chi connectivity index (χ1) is 9.63. The first-order valence-electron chi connectivity index (χ1n) is 7.57. The zero-order valence-electron chi connectivity index (χ0n) is 13.0. The van der Waals surface area contributed by atoms with Crippen LogP contribution in [0.5, 0.6) is 5.75 Å². The van der Waals surface area contributed by atoms with Crippen LogP contribution < -0.4 is 10.1 Å². The molecule has 0 amide bonds. The number of fused-ring (bicyclic) bond motifs is 1. The second-order valence-electron chi connectivity index (χ2n) is 5.62. The molecule has 1 aromatic heterocycles. The molecule has 0 fully saturated rings. The van der Waals surface area contributed by atoms with Gasteiger partial charge >= 0.3 is 0 Å². The van der Waals surface area contributed by atoms with Crippen LogP contribution in [-0.4, -0.2) is 23.8 Å². The van der Waals surface area contributed by atoms with E-state index in [0.29, 0.717) is 18.6 Å². The summed E-state index contributed by atoms with van der Waals surface area (Å²) in [6, 6.07) is 8.95. The molecule has 1 heterocycles. The van der Waals surface area contributed by atoms with E-state index in [4.69, 9.17) is 4.74 Å². The number of ether oxygens (including phenoxy) is 1. The zero-order chi connectivity index (χ0) is 14.5. The lowest BCUT2D eigenvalue weighted by Gasteiger charge is -2.17. The first kappa shape index (κ1) is 14.9. The molecule has 0 radical (unpaired) electrons. The summed E-state index contributed by atoms with van der Waals surface area (Å²) in [6.07, 6.45) is 2.15. The highest BCUT2D eigenvalue weighted by atomic mass is 16.5. The lowest BCUT2D eigenvalue weighted by molar-refractivity contribution is 0.344. The Bertz CT molecular complexity index is 545. The van der Waals surface area contributed by atoms with Gasteiger partial charge in [-0.2, -0.15) is 0 Å². The van der Waals surface area contributed by atoms with Crippen molar-refractivity contribution >= 4 is 10.9 Å². The Labute approximate surface area is 121 Å². The fourth-order valence-electron chi connectivity index (χ4n) is 2.32. The Morgan fingerprint density at radius 2 is 2.00 bits per heavy atom. The number of rotatable bonds is 7. The minimum atomic E-state index is 0.552. The smallest absolute Gasteiger partial charge is 0.128 e. The Balaban J connectivity index is 2.06. The summed E-state index contributed by atoms with van der Waals surface area (Å²) in [6.45, 7) is 11.4. The molecule has 0 aliphatic carbocycles. The Kier molecular flexibility index (Phi) is 5.07. The van der Waals surface area contributed by atoms with E-state index in [0.717, 1.165) is 18.8 Å². The molecule has 0 spiro atoms. The molecule has 110 valence electrons. The summed E-state index contributed by atoms with van der Waals surface area (Å²) in [5.74, 6) is 1.65. The van der Waals surface area contributed by atoms with Crippen LogP contribution >= 0.6 is 0 Å². The van der Waals surface area contributed by atoms with Crippen molar-refractivity contribution in [2.45, 2.75) is 40.3 Å². The minimum Gasteiger partial charge on any atom is -0.493 e. The van der Waals surface area contributed by atoms with Crippen LogP contribution in [0.4, 0.5) is 0 Å². The highest BCUT2D eigenvalue weighted by molar-refractivity contribution is 5.86. The van der Waals surface area contributed by atoms with Crippen molar-refractivity contribution in [3.05, 3.63) is 30.5 Å². The Morgan fingerprint density at radius 1 is 1.20 bits per heavy atom. The van der Waals surface area contributed by atoms with Gasteiger partial charge < -0.3 is 14.6 Å². The summed E-state index contributed by atoms with van der Waals surface area (Å²) in [5.41, 5.74) is 1.25. The Hall–Kier alpha value is -1.48. The van der Waals surface area contributed by atoms with Crippen molar-refractivity contribution in [1.82, 2.24) is 9.88 Å². The van der Waals surface area contributed by atoms with E-state index in [-0.39, 0.29) is 0 Å². The van der Waals surface area contributed by atoms with Gasteiger partial charge in [-0.3, -0.25) is 0 Å². The fraction of sp³-hybridized carbons (Fsp3) is 0.529. The van der Waals surface area contributed by atoms with E-state index >= 15 is 0 Å². The zero-order valence-corrected chi connectivity index (χ0v) is 13.0. The third kappa shape index (κ3) is 3.34. The molecule has 0 bridgehead atoms. The summed E-state index contributed by atoms with van der Waals surface area (Å²) < 4.78 is 7.97. The predicted molar refractivity (Wildman–Crippen MR) is 85.4 cm³/mol. The standard InChI is InChI=1S/C17H26N2O/c1-5-20-17-8-6-7-16-15(17)9-11-19(16)12-10-18-14(4)13(2)3/h6-9,11,13-14,18H,5,10,12H2,1-4H3. The second-order valence-corrected chi connectivity index (χ2v) is 5.62. The van der Waals surface area contributed by atoms with Crippen LogP contribution in [0.2, 0.25) is 0 Å². The first-order valence-corrected chi connectivity index (χ1v) is 7.57. The van der Waals surface area contributed by atoms with Gasteiger partial charge in [0.25, 0.3) is 0 Å². The van der Waals surface area contributed by atoms with Gasteiger partial charge in [0.2, 0.25) is 0 Å². The van der Waals surface area contributed by atoms with E-state index in [1.807, 2.05) is 13.0 Å². The van der Waals surface area contributed by atoms with E-state index < -0.39 is 0 Å². The highest BCUT2D eigenvalue weighted by Gasteiger charge is 2.08. The van der Waals surface area contributed by atoms with Crippen molar-refractivity contribution < 1.29 is 4.74 Å². The van der Waals surface area contributed by atoms with Crippen LogP contribution in [0, 0.1) is 5.92 Å². The van der Waals surface area contributed by atoms with Gasteiger partial charge in [0.1, 0.15) is 5.75 Å². The molecule has 2 rings (SSSR count). The van der Waals surface area contributed by atoms with Crippen molar-refractivity contribution in [1.29, 1.82) is 0 Å². The SMILES string of the molecule is CCOc1cccc2c1ccn2CCNC(C)C(C)C. The normalized spacial score (nSPS) is 13.1. The third-order valence-electron chi connectivity index (χ3n) is 3.89. The minimum absolute atomic E-state index is 0.552. The van der Waals surface area contributed by atoms with Gasteiger partial charge in [0.05, 0.1) is 12.1 Å². The van der Waals surface area contributed by atoms with Crippen LogP contribution in [0.25, 0.3) is 10.9 Å². The molecule has 1 aromatic carbocycles. The van der Waals surface area contributed by atoms with E-state index in [1.165, 1.54) is 10.9 Å². The van der Waals surface area contributed by atoms with E-state index in [2.05, 4.69) is 55.1 Å². The average molecular weight is 274 g/mol. The van der Waals surface area contributed by atoms with Crippen molar-refractivity contribution in [3.63, 3.8) is 0 Å². The topological polar surface area (TPSA) is 26.2 Å². The van der Waals surface area contributed by atoms with Crippen molar-refractivity contribution in [3.8, 4) is 5.75 Å². The second kappa shape index (κ2) is 6.80. The van der Waals surface area contributed by atoms with Crippen molar-refractivity contribution in [2.75, 3.05) is 13.2 Å². The molecule has 1 unspecified atom stereocenters. The number of benzene rings is 1.